The zero-order valence-electron chi connectivity index (χ0n) is 11.4. The molecule has 0 radical (unpaired) electrons. The molecule has 0 saturated heterocycles. The molecule has 0 saturated carbocycles. The molecule has 0 spiro atoms. The number of halogens is 2. The third-order valence-electron chi connectivity index (χ3n) is 3.04. The molecule has 1 unspecified atom stereocenters. The molecular formula is C16H13ClFNO3. The number of aliphatic carboxylic acids is 1. The summed E-state index contributed by atoms with van der Waals surface area (Å²) in [4.78, 5) is 23.1. The molecule has 2 aromatic carbocycles. The molecule has 2 N–H and O–H groups in total. The van der Waals surface area contributed by atoms with Crippen molar-refractivity contribution in [3.8, 4) is 0 Å². The Morgan fingerprint density at radius 3 is 2.45 bits per heavy atom. The van der Waals surface area contributed by atoms with Gasteiger partial charge >= 0.3 is 5.97 Å². The quantitative estimate of drug-likeness (QED) is 0.886. The first-order chi connectivity index (χ1) is 10.5. The van der Waals surface area contributed by atoms with Crippen molar-refractivity contribution in [2.24, 2.45) is 0 Å². The Labute approximate surface area is 131 Å². The number of carboxylic acids is 1. The second kappa shape index (κ2) is 7.04. The highest BCUT2D eigenvalue weighted by molar-refractivity contribution is 6.30. The van der Waals surface area contributed by atoms with Crippen LogP contribution in [0.2, 0.25) is 5.02 Å². The van der Waals surface area contributed by atoms with Gasteiger partial charge in [0.05, 0.1) is 12.5 Å². The maximum Gasteiger partial charge on any atom is 0.305 e. The van der Waals surface area contributed by atoms with Crippen molar-refractivity contribution in [2.75, 3.05) is 0 Å². The predicted octanol–water partition coefficient (Wildman–Crippen LogP) is 3.42. The molecule has 0 fully saturated rings. The summed E-state index contributed by atoms with van der Waals surface area (Å²) in [6, 6.07) is 11.0. The van der Waals surface area contributed by atoms with Crippen molar-refractivity contribution < 1.29 is 19.1 Å². The number of nitrogens with one attached hydrogen (secondary N) is 1. The lowest BCUT2D eigenvalue weighted by molar-refractivity contribution is -0.137. The largest absolute Gasteiger partial charge is 0.481 e. The fraction of sp³-hybridized carbons (Fsp3) is 0.125. The van der Waals surface area contributed by atoms with Crippen LogP contribution in [0.3, 0.4) is 0 Å². The summed E-state index contributed by atoms with van der Waals surface area (Å²) in [7, 11) is 0. The molecule has 2 aromatic rings. The van der Waals surface area contributed by atoms with Crippen LogP contribution in [0.1, 0.15) is 28.4 Å². The molecule has 0 aliphatic rings. The van der Waals surface area contributed by atoms with E-state index in [2.05, 4.69) is 5.32 Å². The van der Waals surface area contributed by atoms with Gasteiger partial charge in [0, 0.05) is 10.6 Å². The lowest BCUT2D eigenvalue weighted by Gasteiger charge is -2.17. The van der Waals surface area contributed by atoms with Crippen molar-refractivity contribution in [3.63, 3.8) is 0 Å². The zero-order chi connectivity index (χ0) is 16.1. The Bertz CT molecular complexity index is 688. The van der Waals surface area contributed by atoms with Crippen LogP contribution in [0.4, 0.5) is 4.39 Å². The third kappa shape index (κ3) is 4.30. The van der Waals surface area contributed by atoms with Crippen LogP contribution < -0.4 is 5.32 Å². The van der Waals surface area contributed by atoms with Crippen LogP contribution in [-0.4, -0.2) is 17.0 Å². The summed E-state index contributed by atoms with van der Waals surface area (Å²) in [5, 5.41) is 12.1. The van der Waals surface area contributed by atoms with Gasteiger partial charge < -0.3 is 10.4 Å². The molecule has 0 aromatic heterocycles. The monoisotopic (exact) mass is 321 g/mol. The summed E-state index contributed by atoms with van der Waals surface area (Å²) in [5.74, 6) is -2.13. The van der Waals surface area contributed by atoms with E-state index in [4.69, 9.17) is 16.7 Å². The Kier molecular flexibility index (Phi) is 5.12. The number of amides is 1. The van der Waals surface area contributed by atoms with E-state index in [0.717, 1.165) is 6.07 Å². The fourth-order valence-electron chi connectivity index (χ4n) is 1.99. The second-order valence-corrected chi connectivity index (χ2v) is 5.12. The molecule has 0 heterocycles. The van der Waals surface area contributed by atoms with E-state index < -0.39 is 23.7 Å². The van der Waals surface area contributed by atoms with Crippen LogP contribution in [-0.2, 0) is 4.79 Å². The summed E-state index contributed by atoms with van der Waals surface area (Å²) >= 11 is 5.80. The fourth-order valence-corrected chi connectivity index (χ4v) is 2.12. The van der Waals surface area contributed by atoms with Gasteiger partial charge in [0.1, 0.15) is 5.82 Å². The average Bonchev–Trinajstić information content (AvgIpc) is 2.47. The Morgan fingerprint density at radius 1 is 1.18 bits per heavy atom. The normalized spacial score (nSPS) is 11.7. The molecule has 6 heteroatoms. The molecule has 1 amide bonds. The molecule has 2 rings (SSSR count). The van der Waals surface area contributed by atoms with Gasteiger partial charge in [-0.25, -0.2) is 4.39 Å². The maximum absolute atomic E-state index is 13.2. The smallest absolute Gasteiger partial charge is 0.305 e. The van der Waals surface area contributed by atoms with Gasteiger partial charge in [-0.3, -0.25) is 9.59 Å². The predicted molar refractivity (Wildman–Crippen MR) is 80.3 cm³/mol. The van der Waals surface area contributed by atoms with Crippen LogP contribution in [0.25, 0.3) is 0 Å². The molecule has 4 nitrogen and oxygen atoms in total. The first kappa shape index (κ1) is 16.0. The number of benzene rings is 2. The van der Waals surface area contributed by atoms with E-state index in [1.54, 1.807) is 24.3 Å². The van der Waals surface area contributed by atoms with Crippen molar-refractivity contribution in [3.05, 3.63) is 70.5 Å². The molecule has 0 aliphatic carbocycles. The molecule has 1 atom stereocenters. The van der Waals surface area contributed by atoms with Crippen LogP contribution >= 0.6 is 11.6 Å². The van der Waals surface area contributed by atoms with Crippen LogP contribution in [0.5, 0.6) is 0 Å². The van der Waals surface area contributed by atoms with Crippen molar-refractivity contribution in [1.29, 1.82) is 0 Å². The number of hydrogen-bond acceptors (Lipinski definition) is 2. The molecular weight excluding hydrogens is 309 g/mol. The average molecular weight is 322 g/mol. The molecule has 22 heavy (non-hydrogen) atoms. The van der Waals surface area contributed by atoms with Crippen LogP contribution in [0, 0.1) is 5.82 Å². The standard InChI is InChI=1S/C16H13ClFNO3/c17-12-6-4-10(5-7-12)14(9-15(20)21)19-16(22)11-2-1-3-13(18)8-11/h1-8,14H,9H2,(H,19,22)(H,20,21). The highest BCUT2D eigenvalue weighted by atomic mass is 35.5. The van der Waals surface area contributed by atoms with Gasteiger partial charge in [-0.05, 0) is 35.9 Å². The Morgan fingerprint density at radius 2 is 1.86 bits per heavy atom. The van der Waals surface area contributed by atoms with Gasteiger partial charge in [0.2, 0.25) is 0 Å². The second-order valence-electron chi connectivity index (χ2n) is 4.69. The zero-order valence-corrected chi connectivity index (χ0v) is 12.2. The van der Waals surface area contributed by atoms with Crippen molar-refractivity contribution in [2.45, 2.75) is 12.5 Å². The number of carbonyl (C=O) groups excluding carboxylic acids is 1. The number of hydrogen-bond donors (Lipinski definition) is 2. The van der Waals surface area contributed by atoms with Gasteiger partial charge in [0.25, 0.3) is 5.91 Å². The summed E-state index contributed by atoms with van der Waals surface area (Å²) < 4.78 is 13.2. The maximum atomic E-state index is 13.2. The van der Waals surface area contributed by atoms with E-state index in [1.165, 1.54) is 18.2 Å². The minimum absolute atomic E-state index is 0.129. The number of carboxylic acid groups (broad SMARTS) is 1. The van der Waals surface area contributed by atoms with E-state index in [1.807, 2.05) is 0 Å². The summed E-state index contributed by atoms with van der Waals surface area (Å²) in [6.45, 7) is 0. The number of carbonyl (C=O) groups is 2. The van der Waals surface area contributed by atoms with Gasteiger partial charge in [-0.1, -0.05) is 29.8 Å². The molecule has 0 bridgehead atoms. The molecule has 0 aliphatic heterocycles. The topological polar surface area (TPSA) is 66.4 Å². The van der Waals surface area contributed by atoms with Crippen LogP contribution in [0.15, 0.2) is 48.5 Å². The van der Waals surface area contributed by atoms with Crippen molar-refractivity contribution in [1.82, 2.24) is 5.32 Å². The lowest BCUT2D eigenvalue weighted by atomic mass is 10.0. The highest BCUT2D eigenvalue weighted by Gasteiger charge is 2.19. The number of rotatable bonds is 5. The van der Waals surface area contributed by atoms with Gasteiger partial charge in [0.15, 0.2) is 0 Å². The minimum atomic E-state index is -1.06. The summed E-state index contributed by atoms with van der Waals surface area (Å²) in [5.41, 5.74) is 0.737. The van der Waals surface area contributed by atoms with Gasteiger partial charge in [-0.2, -0.15) is 0 Å². The van der Waals surface area contributed by atoms with Crippen molar-refractivity contribution >= 4 is 23.5 Å². The third-order valence-corrected chi connectivity index (χ3v) is 3.30. The Hall–Kier alpha value is -2.40. The first-order valence-electron chi connectivity index (χ1n) is 6.49. The lowest BCUT2D eigenvalue weighted by Crippen LogP contribution is -2.30. The van der Waals surface area contributed by atoms with E-state index >= 15 is 0 Å². The Balaban J connectivity index is 2.21. The molecule has 114 valence electrons. The van der Waals surface area contributed by atoms with E-state index in [0.29, 0.717) is 10.6 Å². The van der Waals surface area contributed by atoms with E-state index in [9.17, 15) is 14.0 Å². The van der Waals surface area contributed by atoms with E-state index in [-0.39, 0.29) is 12.0 Å². The summed E-state index contributed by atoms with van der Waals surface area (Å²) in [6.07, 6.45) is -0.289. The van der Waals surface area contributed by atoms with Gasteiger partial charge in [-0.15, -0.1) is 0 Å². The minimum Gasteiger partial charge on any atom is -0.481 e. The SMILES string of the molecule is O=C(O)CC(NC(=O)c1cccc(F)c1)c1ccc(Cl)cc1. The first-order valence-corrected chi connectivity index (χ1v) is 6.87. The highest BCUT2D eigenvalue weighted by Crippen LogP contribution is 2.20.